The van der Waals surface area contributed by atoms with Crippen molar-refractivity contribution >= 4 is 11.8 Å². The van der Waals surface area contributed by atoms with Crippen molar-refractivity contribution in [3.8, 4) is 0 Å². The van der Waals surface area contributed by atoms with E-state index in [-0.39, 0.29) is 5.60 Å². The molecule has 1 spiro atoms. The van der Waals surface area contributed by atoms with E-state index in [1.54, 1.807) is 0 Å². The minimum absolute atomic E-state index is 0.238. The molecule has 3 aliphatic rings. The molecule has 1 aliphatic carbocycles. The number of hydrogen-bond donors (Lipinski definition) is 1. The lowest BCUT2D eigenvalue weighted by Gasteiger charge is -2.38. The predicted molar refractivity (Wildman–Crippen MR) is 78.2 cm³/mol. The second-order valence-corrected chi connectivity index (χ2v) is 7.71. The summed E-state index contributed by atoms with van der Waals surface area (Å²) in [5, 5.41) is 3.86. The van der Waals surface area contributed by atoms with Gasteiger partial charge in [-0.15, -0.1) is 0 Å². The zero-order valence-electron chi connectivity index (χ0n) is 11.6. The van der Waals surface area contributed by atoms with Crippen molar-refractivity contribution in [1.29, 1.82) is 0 Å². The van der Waals surface area contributed by atoms with Crippen molar-refractivity contribution in [2.45, 2.75) is 57.1 Å². The van der Waals surface area contributed by atoms with E-state index in [2.05, 4.69) is 24.0 Å². The van der Waals surface area contributed by atoms with Crippen molar-refractivity contribution in [2.24, 2.45) is 11.8 Å². The summed E-state index contributed by atoms with van der Waals surface area (Å²) in [6.07, 6.45) is 8.07. The van der Waals surface area contributed by atoms with Gasteiger partial charge >= 0.3 is 0 Å². The molecule has 0 amide bonds. The van der Waals surface area contributed by atoms with E-state index in [9.17, 15) is 0 Å². The number of thioether (sulfide) groups is 1. The smallest absolute Gasteiger partial charge is 0.0795 e. The number of nitrogens with one attached hydrogen (secondary N) is 1. The van der Waals surface area contributed by atoms with Gasteiger partial charge in [0.25, 0.3) is 0 Å². The average molecular weight is 269 g/mol. The molecule has 104 valence electrons. The standard InChI is InChI=1S/C15H27NOS/c1-12-3-2-4-13(12)10-16-14-5-7-17-15(9-14)6-8-18-11-15/h12-14,16H,2-11H2,1H3. The van der Waals surface area contributed by atoms with E-state index in [0.717, 1.165) is 18.4 Å². The molecule has 0 radical (unpaired) electrons. The highest BCUT2D eigenvalue weighted by Gasteiger charge is 2.40. The molecule has 2 nitrogen and oxygen atoms in total. The van der Waals surface area contributed by atoms with Crippen LogP contribution in [0.3, 0.4) is 0 Å². The van der Waals surface area contributed by atoms with E-state index in [0.29, 0.717) is 6.04 Å². The molecule has 4 atom stereocenters. The molecular weight excluding hydrogens is 242 g/mol. The molecule has 0 aromatic carbocycles. The summed E-state index contributed by atoms with van der Waals surface area (Å²) in [4.78, 5) is 0. The van der Waals surface area contributed by atoms with Crippen LogP contribution < -0.4 is 5.32 Å². The van der Waals surface area contributed by atoms with Gasteiger partial charge in [-0.3, -0.25) is 0 Å². The normalized spacial score (nSPS) is 44.8. The number of rotatable bonds is 3. The quantitative estimate of drug-likeness (QED) is 0.851. The Balaban J connectivity index is 1.47. The molecule has 3 fully saturated rings. The molecule has 0 aromatic heterocycles. The van der Waals surface area contributed by atoms with E-state index in [1.165, 1.54) is 56.6 Å². The maximum atomic E-state index is 6.09. The lowest BCUT2D eigenvalue weighted by Crippen LogP contribution is -2.48. The summed E-state index contributed by atoms with van der Waals surface area (Å²) in [6.45, 7) is 4.64. The Kier molecular flexibility index (Phi) is 4.21. The third kappa shape index (κ3) is 2.88. The Morgan fingerprint density at radius 2 is 2.28 bits per heavy atom. The topological polar surface area (TPSA) is 21.3 Å². The first-order chi connectivity index (χ1) is 8.77. The van der Waals surface area contributed by atoms with Gasteiger partial charge in [-0.25, -0.2) is 0 Å². The summed E-state index contributed by atoms with van der Waals surface area (Å²) in [5.74, 6) is 4.40. The Morgan fingerprint density at radius 1 is 1.33 bits per heavy atom. The fourth-order valence-corrected chi connectivity index (χ4v) is 5.29. The molecule has 1 N–H and O–H groups in total. The molecule has 18 heavy (non-hydrogen) atoms. The Labute approximate surface area is 116 Å². The molecule has 2 heterocycles. The molecule has 0 bridgehead atoms. The predicted octanol–water partition coefficient (Wildman–Crippen LogP) is 3.07. The Hall–Kier alpha value is 0.270. The van der Waals surface area contributed by atoms with Gasteiger partial charge in [0.15, 0.2) is 0 Å². The maximum absolute atomic E-state index is 6.09. The molecule has 1 saturated carbocycles. The first-order valence-corrected chi connectivity index (χ1v) is 8.88. The summed E-state index contributed by atoms with van der Waals surface area (Å²) >= 11 is 2.07. The lowest BCUT2D eigenvalue weighted by atomic mass is 9.89. The third-order valence-electron chi connectivity index (χ3n) is 5.27. The van der Waals surface area contributed by atoms with Gasteiger partial charge in [-0.2, -0.15) is 11.8 Å². The van der Waals surface area contributed by atoms with E-state index >= 15 is 0 Å². The van der Waals surface area contributed by atoms with Crippen LogP contribution in [0.5, 0.6) is 0 Å². The minimum atomic E-state index is 0.238. The molecule has 0 aromatic rings. The van der Waals surface area contributed by atoms with Crippen molar-refractivity contribution < 1.29 is 4.74 Å². The van der Waals surface area contributed by atoms with Crippen molar-refractivity contribution in [3.63, 3.8) is 0 Å². The van der Waals surface area contributed by atoms with E-state index < -0.39 is 0 Å². The maximum Gasteiger partial charge on any atom is 0.0795 e. The van der Waals surface area contributed by atoms with Crippen LogP contribution in [-0.2, 0) is 4.74 Å². The van der Waals surface area contributed by atoms with Crippen molar-refractivity contribution in [3.05, 3.63) is 0 Å². The first kappa shape index (κ1) is 13.3. The minimum Gasteiger partial charge on any atom is -0.374 e. The molecule has 2 aliphatic heterocycles. The van der Waals surface area contributed by atoms with E-state index in [4.69, 9.17) is 4.74 Å². The highest BCUT2D eigenvalue weighted by atomic mass is 32.2. The second kappa shape index (κ2) is 5.72. The van der Waals surface area contributed by atoms with Crippen LogP contribution in [0.15, 0.2) is 0 Å². The van der Waals surface area contributed by atoms with Gasteiger partial charge in [0, 0.05) is 18.4 Å². The van der Waals surface area contributed by atoms with Crippen molar-refractivity contribution in [1.82, 2.24) is 5.32 Å². The van der Waals surface area contributed by atoms with Crippen molar-refractivity contribution in [2.75, 3.05) is 24.7 Å². The molecule has 3 rings (SSSR count). The molecular formula is C15H27NOS. The molecule has 3 heteroatoms. The largest absolute Gasteiger partial charge is 0.374 e. The second-order valence-electron chi connectivity index (χ2n) is 6.60. The fourth-order valence-electron chi connectivity index (χ4n) is 3.91. The Bertz CT molecular complexity index is 278. The summed E-state index contributed by atoms with van der Waals surface area (Å²) in [6, 6.07) is 0.713. The van der Waals surface area contributed by atoms with Gasteiger partial charge in [0.2, 0.25) is 0 Å². The van der Waals surface area contributed by atoms with Gasteiger partial charge in [0.05, 0.1) is 5.60 Å². The molecule has 4 unspecified atom stereocenters. The molecule has 2 saturated heterocycles. The van der Waals surface area contributed by atoms with Crippen LogP contribution in [0.2, 0.25) is 0 Å². The SMILES string of the molecule is CC1CCCC1CNC1CCOC2(CCSC2)C1. The van der Waals surface area contributed by atoms with Crippen LogP contribution in [-0.4, -0.2) is 36.3 Å². The highest BCUT2D eigenvalue weighted by Crippen LogP contribution is 2.38. The van der Waals surface area contributed by atoms with Crippen LogP contribution in [0.1, 0.15) is 45.4 Å². The van der Waals surface area contributed by atoms with Gasteiger partial charge < -0.3 is 10.1 Å². The number of ether oxygens (including phenoxy) is 1. The Morgan fingerprint density at radius 3 is 3.00 bits per heavy atom. The number of hydrogen-bond acceptors (Lipinski definition) is 3. The summed E-state index contributed by atoms with van der Waals surface area (Å²) in [5.41, 5.74) is 0.238. The van der Waals surface area contributed by atoms with Crippen LogP contribution in [0.4, 0.5) is 0 Å². The van der Waals surface area contributed by atoms with Gasteiger partial charge in [-0.05, 0) is 49.8 Å². The van der Waals surface area contributed by atoms with Gasteiger partial charge in [-0.1, -0.05) is 19.8 Å². The van der Waals surface area contributed by atoms with Gasteiger partial charge in [0.1, 0.15) is 0 Å². The van der Waals surface area contributed by atoms with Crippen LogP contribution >= 0.6 is 11.8 Å². The fraction of sp³-hybridized carbons (Fsp3) is 1.00. The summed E-state index contributed by atoms with van der Waals surface area (Å²) < 4.78 is 6.09. The zero-order valence-corrected chi connectivity index (χ0v) is 12.4. The summed E-state index contributed by atoms with van der Waals surface area (Å²) in [7, 11) is 0. The van der Waals surface area contributed by atoms with Crippen LogP contribution in [0.25, 0.3) is 0 Å². The highest BCUT2D eigenvalue weighted by molar-refractivity contribution is 7.99. The van der Waals surface area contributed by atoms with E-state index in [1.807, 2.05) is 0 Å². The first-order valence-electron chi connectivity index (χ1n) is 7.72. The third-order valence-corrected chi connectivity index (χ3v) is 6.49. The van der Waals surface area contributed by atoms with Crippen LogP contribution in [0, 0.1) is 11.8 Å². The average Bonchev–Trinajstić information content (AvgIpc) is 2.97. The zero-order chi connectivity index (χ0) is 12.4. The lowest BCUT2D eigenvalue weighted by molar-refractivity contribution is -0.0705. The monoisotopic (exact) mass is 269 g/mol.